The molecule has 6 nitrogen and oxygen atoms in total. The van der Waals surface area contributed by atoms with Crippen molar-refractivity contribution in [2.24, 2.45) is 5.10 Å². The van der Waals surface area contributed by atoms with Crippen molar-refractivity contribution in [2.75, 3.05) is 5.43 Å². The van der Waals surface area contributed by atoms with E-state index in [1.807, 2.05) is 0 Å². The van der Waals surface area contributed by atoms with Crippen LogP contribution in [0.5, 0.6) is 5.88 Å². The Bertz CT molecular complexity index is 917. The standard InChI is InChI=1S/C15H11BrF7N5O/c1-6-11(24-5-10(26-6)27-28-13(16)15(21,22)23)8-3-9(17)12(25-4-8)29-7(2)14(18,19)20/h3-5,7H,1-2H3,(H,26,27). The highest BCUT2D eigenvalue weighted by Crippen LogP contribution is 2.28. The molecule has 0 saturated carbocycles. The first kappa shape index (κ1) is 22.8. The number of aromatic nitrogens is 3. The van der Waals surface area contributed by atoms with E-state index in [-0.39, 0.29) is 22.8 Å². The molecule has 2 aromatic rings. The van der Waals surface area contributed by atoms with Gasteiger partial charge in [-0.2, -0.15) is 31.4 Å². The molecule has 0 aliphatic carbocycles. The Hall–Kier alpha value is -2.51. The van der Waals surface area contributed by atoms with Gasteiger partial charge < -0.3 is 4.74 Å². The minimum Gasteiger partial charge on any atom is -0.463 e. The molecule has 0 amide bonds. The lowest BCUT2D eigenvalue weighted by Crippen LogP contribution is -2.31. The van der Waals surface area contributed by atoms with E-state index in [0.717, 1.165) is 18.5 Å². The first-order valence-corrected chi connectivity index (χ1v) is 8.37. The molecular weight excluding hydrogens is 479 g/mol. The Morgan fingerprint density at radius 1 is 1.17 bits per heavy atom. The van der Waals surface area contributed by atoms with E-state index in [2.05, 4.69) is 46.1 Å². The van der Waals surface area contributed by atoms with Gasteiger partial charge in [0.2, 0.25) is 4.62 Å². The summed E-state index contributed by atoms with van der Waals surface area (Å²) in [5.41, 5.74) is 2.41. The molecule has 2 aromatic heterocycles. The summed E-state index contributed by atoms with van der Waals surface area (Å²) in [5, 5.41) is 3.06. The Morgan fingerprint density at radius 3 is 2.34 bits per heavy atom. The van der Waals surface area contributed by atoms with Gasteiger partial charge in [-0.15, -0.1) is 0 Å². The third-order valence-electron chi connectivity index (χ3n) is 3.28. The summed E-state index contributed by atoms with van der Waals surface area (Å²) in [4.78, 5) is 11.4. The fraction of sp³-hybridized carbons (Fsp3) is 0.333. The summed E-state index contributed by atoms with van der Waals surface area (Å²) in [6.07, 6.45) is -9.58. The molecule has 0 aromatic carbocycles. The van der Waals surface area contributed by atoms with Gasteiger partial charge in [0, 0.05) is 11.8 Å². The number of aryl methyl sites for hydroxylation is 1. The summed E-state index contributed by atoms with van der Waals surface area (Å²) in [6.45, 7) is 2.14. The van der Waals surface area contributed by atoms with Crippen LogP contribution in [0.4, 0.5) is 36.6 Å². The Labute approximate surface area is 167 Å². The van der Waals surface area contributed by atoms with Crippen LogP contribution in [-0.2, 0) is 0 Å². The average molecular weight is 490 g/mol. The van der Waals surface area contributed by atoms with E-state index in [9.17, 15) is 30.7 Å². The van der Waals surface area contributed by atoms with E-state index in [1.54, 1.807) is 0 Å². The van der Waals surface area contributed by atoms with Crippen molar-refractivity contribution in [3.8, 4) is 17.1 Å². The van der Waals surface area contributed by atoms with Crippen molar-refractivity contribution in [1.82, 2.24) is 15.0 Å². The zero-order valence-electron chi connectivity index (χ0n) is 14.5. The van der Waals surface area contributed by atoms with Crippen LogP contribution >= 0.6 is 15.9 Å². The lowest BCUT2D eigenvalue weighted by atomic mass is 10.1. The van der Waals surface area contributed by atoms with Crippen molar-refractivity contribution in [2.45, 2.75) is 32.3 Å². The summed E-state index contributed by atoms with van der Waals surface area (Å²) in [5.74, 6) is -2.12. The number of alkyl halides is 6. The van der Waals surface area contributed by atoms with Gasteiger partial charge >= 0.3 is 12.4 Å². The third-order valence-corrected chi connectivity index (χ3v) is 3.91. The van der Waals surface area contributed by atoms with E-state index in [4.69, 9.17) is 0 Å². The van der Waals surface area contributed by atoms with Gasteiger partial charge in [-0.05, 0) is 35.8 Å². The van der Waals surface area contributed by atoms with Crippen molar-refractivity contribution in [3.05, 3.63) is 30.0 Å². The number of hydrogen-bond acceptors (Lipinski definition) is 6. The molecule has 29 heavy (non-hydrogen) atoms. The van der Waals surface area contributed by atoms with Crippen LogP contribution in [0.25, 0.3) is 11.3 Å². The minimum absolute atomic E-state index is 0.0750. The van der Waals surface area contributed by atoms with Crippen LogP contribution in [0.2, 0.25) is 0 Å². The topological polar surface area (TPSA) is 72.3 Å². The first-order valence-electron chi connectivity index (χ1n) is 7.58. The monoisotopic (exact) mass is 489 g/mol. The quantitative estimate of drug-likeness (QED) is 0.363. The second-order valence-corrected chi connectivity index (χ2v) is 6.27. The van der Waals surface area contributed by atoms with Gasteiger partial charge in [-0.3, -0.25) is 10.4 Å². The lowest BCUT2D eigenvalue weighted by Gasteiger charge is -2.17. The molecule has 2 rings (SSSR count). The lowest BCUT2D eigenvalue weighted by molar-refractivity contribution is -0.190. The molecule has 0 aliphatic heterocycles. The summed E-state index contributed by atoms with van der Waals surface area (Å²) in [7, 11) is 0. The van der Waals surface area contributed by atoms with E-state index in [1.165, 1.54) is 6.92 Å². The molecule has 1 unspecified atom stereocenters. The van der Waals surface area contributed by atoms with Crippen LogP contribution in [0.15, 0.2) is 23.6 Å². The molecule has 158 valence electrons. The van der Waals surface area contributed by atoms with Crippen molar-refractivity contribution >= 4 is 26.4 Å². The molecule has 0 fully saturated rings. The zero-order chi connectivity index (χ0) is 22.0. The molecule has 2 heterocycles. The fourth-order valence-electron chi connectivity index (χ4n) is 1.86. The van der Waals surface area contributed by atoms with Crippen LogP contribution in [0.1, 0.15) is 12.6 Å². The predicted molar refractivity (Wildman–Crippen MR) is 92.1 cm³/mol. The van der Waals surface area contributed by atoms with Gasteiger partial charge in [0.25, 0.3) is 5.88 Å². The highest BCUT2D eigenvalue weighted by Gasteiger charge is 2.39. The van der Waals surface area contributed by atoms with E-state index >= 15 is 0 Å². The Balaban J connectivity index is 2.22. The number of ether oxygens (including phenoxy) is 1. The predicted octanol–water partition coefficient (Wildman–Crippen LogP) is 5.00. The maximum Gasteiger partial charge on any atom is 0.441 e. The number of anilines is 1. The molecule has 1 atom stereocenters. The van der Waals surface area contributed by atoms with Crippen molar-refractivity contribution < 1.29 is 35.5 Å². The summed E-state index contributed by atoms with van der Waals surface area (Å²) < 4.78 is 91.8. The molecule has 0 radical (unpaired) electrons. The second-order valence-electron chi connectivity index (χ2n) is 5.51. The fourth-order valence-corrected chi connectivity index (χ4v) is 1.95. The van der Waals surface area contributed by atoms with Gasteiger partial charge in [-0.25, -0.2) is 14.4 Å². The Morgan fingerprint density at radius 2 is 1.83 bits per heavy atom. The van der Waals surface area contributed by atoms with E-state index in [0.29, 0.717) is 6.92 Å². The molecule has 1 N–H and O–H groups in total. The largest absolute Gasteiger partial charge is 0.463 e. The van der Waals surface area contributed by atoms with Gasteiger partial charge in [0.05, 0.1) is 17.6 Å². The van der Waals surface area contributed by atoms with Crippen molar-refractivity contribution in [1.29, 1.82) is 0 Å². The number of hydrogen-bond donors (Lipinski definition) is 1. The number of hydrazone groups is 1. The maximum absolute atomic E-state index is 14.1. The van der Waals surface area contributed by atoms with E-state index < -0.39 is 34.8 Å². The molecule has 0 bridgehead atoms. The number of rotatable bonds is 5. The molecule has 0 spiro atoms. The third kappa shape index (κ3) is 5.98. The molecule has 0 saturated heterocycles. The van der Waals surface area contributed by atoms with Crippen LogP contribution in [0, 0.1) is 12.7 Å². The minimum atomic E-state index is -4.69. The number of pyridine rings is 1. The summed E-state index contributed by atoms with van der Waals surface area (Å²) in [6, 6.07) is 0.855. The summed E-state index contributed by atoms with van der Waals surface area (Å²) >= 11 is 2.25. The van der Waals surface area contributed by atoms with Gasteiger partial charge in [-0.1, -0.05) is 0 Å². The average Bonchev–Trinajstić information content (AvgIpc) is 2.59. The highest BCUT2D eigenvalue weighted by atomic mass is 79.9. The molecule has 14 heteroatoms. The maximum atomic E-state index is 14.1. The first-order chi connectivity index (χ1) is 13.3. The molecule has 0 aliphatic rings. The van der Waals surface area contributed by atoms with Crippen LogP contribution in [0.3, 0.4) is 0 Å². The number of halogens is 8. The van der Waals surface area contributed by atoms with Gasteiger partial charge in [0.15, 0.2) is 17.7 Å². The normalized spacial score (nSPS) is 13.9. The SMILES string of the molecule is Cc1nc(NN=C(Br)C(F)(F)F)cnc1-c1cnc(OC(C)C(F)(F)F)c(F)c1. The Kier molecular flexibility index (Phi) is 6.65. The molecular formula is C15H11BrF7N5O. The second kappa shape index (κ2) is 8.47. The van der Waals surface area contributed by atoms with Crippen LogP contribution < -0.4 is 10.2 Å². The number of nitrogens with one attached hydrogen (secondary N) is 1. The van der Waals surface area contributed by atoms with Crippen LogP contribution in [-0.4, -0.2) is 38.0 Å². The highest BCUT2D eigenvalue weighted by molar-refractivity contribution is 9.18. The van der Waals surface area contributed by atoms with Gasteiger partial charge in [0.1, 0.15) is 0 Å². The zero-order valence-corrected chi connectivity index (χ0v) is 16.1. The van der Waals surface area contributed by atoms with Crippen molar-refractivity contribution in [3.63, 3.8) is 0 Å². The number of nitrogens with zero attached hydrogens (tertiary/aromatic N) is 4. The smallest absolute Gasteiger partial charge is 0.441 e.